The number of carbonyl (C=O) groups is 1. The lowest BCUT2D eigenvalue weighted by molar-refractivity contribution is -0.137. The Morgan fingerprint density at radius 3 is 2.51 bits per heavy atom. The number of alkyl halides is 3. The molecule has 1 aromatic heterocycles. The zero-order chi connectivity index (χ0) is 24.6. The third-order valence-corrected chi connectivity index (χ3v) is 7.87. The molecule has 1 amide bonds. The molecular formula is C26H31F3N4O2. The van der Waals surface area contributed by atoms with Crippen LogP contribution in [0.5, 0.6) is 0 Å². The molecule has 0 radical (unpaired) electrons. The molecule has 1 aliphatic heterocycles. The number of fused-ring (bicyclic) bond motifs is 1. The van der Waals surface area contributed by atoms with E-state index in [1.165, 1.54) is 12.3 Å². The number of rotatable bonds is 6. The van der Waals surface area contributed by atoms with E-state index >= 15 is 0 Å². The van der Waals surface area contributed by atoms with Crippen LogP contribution in [0.1, 0.15) is 44.1 Å². The fraction of sp³-hybridized carbons (Fsp3) is 0.538. The Hall–Kier alpha value is -2.65. The minimum Gasteiger partial charge on any atom is -0.389 e. The van der Waals surface area contributed by atoms with Crippen LogP contribution in [-0.2, 0) is 11.0 Å². The summed E-state index contributed by atoms with van der Waals surface area (Å²) in [7, 11) is 0. The molecule has 6 nitrogen and oxygen atoms in total. The van der Waals surface area contributed by atoms with E-state index in [4.69, 9.17) is 0 Å². The van der Waals surface area contributed by atoms with Crippen molar-refractivity contribution in [3.63, 3.8) is 0 Å². The maximum atomic E-state index is 13.1. The van der Waals surface area contributed by atoms with Gasteiger partial charge in [-0.25, -0.2) is 0 Å². The van der Waals surface area contributed by atoms with Crippen molar-refractivity contribution in [1.29, 1.82) is 0 Å². The van der Waals surface area contributed by atoms with Gasteiger partial charge in [0.2, 0.25) is 5.91 Å². The van der Waals surface area contributed by atoms with E-state index < -0.39 is 17.3 Å². The van der Waals surface area contributed by atoms with Crippen LogP contribution in [0.3, 0.4) is 0 Å². The number of carbonyl (C=O) groups excluding carboxylic acids is 1. The van der Waals surface area contributed by atoms with E-state index in [9.17, 15) is 23.1 Å². The second-order valence-electron chi connectivity index (χ2n) is 10.1. The van der Waals surface area contributed by atoms with Crippen molar-refractivity contribution >= 4 is 22.5 Å². The lowest BCUT2D eigenvalue weighted by Crippen LogP contribution is -2.63. The Kier molecular flexibility index (Phi) is 6.48. The van der Waals surface area contributed by atoms with Gasteiger partial charge in [-0.2, -0.15) is 13.2 Å². The van der Waals surface area contributed by atoms with Crippen LogP contribution in [0.15, 0.2) is 42.6 Å². The Morgan fingerprint density at radius 1 is 1.11 bits per heavy atom. The average Bonchev–Trinajstić information content (AvgIpc) is 3.26. The number of benzene rings is 1. The maximum Gasteiger partial charge on any atom is 0.416 e. The van der Waals surface area contributed by atoms with Crippen molar-refractivity contribution in [2.24, 2.45) is 5.92 Å². The van der Waals surface area contributed by atoms with E-state index in [-0.39, 0.29) is 18.5 Å². The Morgan fingerprint density at radius 2 is 1.83 bits per heavy atom. The number of halogens is 3. The molecule has 3 N–H and O–H groups in total. The lowest BCUT2D eigenvalue weighted by Gasteiger charge is -2.48. The minimum atomic E-state index is -4.44. The molecule has 188 valence electrons. The molecule has 1 saturated heterocycles. The molecule has 9 heteroatoms. The smallest absolute Gasteiger partial charge is 0.389 e. The lowest BCUT2D eigenvalue weighted by atomic mass is 9.73. The molecular weight excluding hydrogens is 457 g/mol. The van der Waals surface area contributed by atoms with Crippen LogP contribution in [0.2, 0.25) is 0 Å². The number of aliphatic hydroxyl groups is 1. The van der Waals surface area contributed by atoms with Crippen LogP contribution < -0.4 is 10.6 Å². The van der Waals surface area contributed by atoms with Gasteiger partial charge in [0.15, 0.2) is 0 Å². The van der Waals surface area contributed by atoms with Gasteiger partial charge in [-0.1, -0.05) is 12.2 Å². The summed E-state index contributed by atoms with van der Waals surface area (Å²) in [4.78, 5) is 19.0. The molecule has 0 bridgehead atoms. The molecule has 2 fully saturated rings. The summed E-state index contributed by atoms with van der Waals surface area (Å²) in [5.74, 6) is 0.180. The van der Waals surface area contributed by atoms with Gasteiger partial charge in [-0.3, -0.25) is 14.7 Å². The number of aromatic nitrogens is 1. The van der Waals surface area contributed by atoms with E-state index in [1.807, 2.05) is 0 Å². The highest BCUT2D eigenvalue weighted by atomic mass is 19.4. The molecule has 1 aromatic carbocycles. The zero-order valence-corrected chi connectivity index (χ0v) is 19.5. The molecule has 1 saturated carbocycles. The van der Waals surface area contributed by atoms with E-state index in [0.717, 1.165) is 63.7 Å². The molecule has 2 heterocycles. The summed E-state index contributed by atoms with van der Waals surface area (Å²) in [6, 6.07) is 5.56. The number of nitrogens with zero attached hydrogens (tertiary/aromatic N) is 2. The van der Waals surface area contributed by atoms with Crippen LogP contribution >= 0.6 is 0 Å². The maximum absolute atomic E-state index is 13.1. The molecule has 0 unspecified atom stereocenters. The van der Waals surface area contributed by atoms with Gasteiger partial charge in [0, 0.05) is 36.4 Å². The second kappa shape index (κ2) is 9.43. The zero-order valence-electron chi connectivity index (χ0n) is 19.5. The summed E-state index contributed by atoms with van der Waals surface area (Å²) in [5.41, 5.74) is -0.410. The van der Waals surface area contributed by atoms with Crippen molar-refractivity contribution in [3.05, 3.63) is 48.2 Å². The SMILES string of the molecule is O=C(CNc1ccnc2ccc(C(F)(F)F)cc12)NC1CN(C2CCC(C3(O)CC=CC3)CC2)C1. The van der Waals surface area contributed by atoms with Gasteiger partial charge in [-0.05, 0) is 68.7 Å². The molecule has 2 aliphatic carbocycles. The Labute approximate surface area is 202 Å². The summed E-state index contributed by atoms with van der Waals surface area (Å²) in [5, 5.41) is 17.1. The van der Waals surface area contributed by atoms with Crippen LogP contribution in [-0.4, -0.2) is 58.2 Å². The van der Waals surface area contributed by atoms with Crippen LogP contribution in [0, 0.1) is 5.92 Å². The quantitative estimate of drug-likeness (QED) is 0.534. The largest absolute Gasteiger partial charge is 0.416 e. The fourth-order valence-electron chi connectivity index (χ4n) is 5.80. The van der Waals surface area contributed by atoms with Crippen LogP contribution in [0.4, 0.5) is 18.9 Å². The topological polar surface area (TPSA) is 77.5 Å². The Bertz CT molecular complexity index is 1100. The summed E-state index contributed by atoms with van der Waals surface area (Å²) in [6.07, 6.45) is 7.00. The predicted octanol–water partition coefficient (Wildman–Crippen LogP) is 4.11. The first-order chi connectivity index (χ1) is 16.7. The summed E-state index contributed by atoms with van der Waals surface area (Å²) in [6.45, 7) is 1.59. The van der Waals surface area contributed by atoms with Crippen molar-refractivity contribution in [3.8, 4) is 0 Å². The molecule has 0 spiro atoms. The first-order valence-electron chi connectivity index (χ1n) is 12.3. The standard InChI is InChI=1S/C26H31F3N4O2/c27-26(28,29)18-5-8-22-21(13-18)23(9-12-30-22)31-14-24(34)32-19-15-33(16-19)20-6-3-17(4-7-20)25(35)10-1-2-11-25/h1-2,5,8-9,12-13,17,19-20,35H,3-4,6-7,10-11,14-16H2,(H,30,31)(H,32,34). The highest BCUT2D eigenvalue weighted by molar-refractivity contribution is 5.93. The van der Waals surface area contributed by atoms with E-state index in [2.05, 4.69) is 32.7 Å². The van der Waals surface area contributed by atoms with E-state index in [1.54, 1.807) is 6.07 Å². The fourth-order valence-corrected chi connectivity index (χ4v) is 5.80. The number of likely N-dealkylation sites (tertiary alicyclic amines) is 1. The molecule has 3 aliphatic rings. The first kappa shape index (κ1) is 24.1. The van der Waals surface area contributed by atoms with E-state index in [0.29, 0.717) is 28.6 Å². The monoisotopic (exact) mass is 488 g/mol. The average molecular weight is 489 g/mol. The third-order valence-electron chi connectivity index (χ3n) is 7.87. The Balaban J connectivity index is 1.08. The van der Waals surface area contributed by atoms with Gasteiger partial charge in [0.1, 0.15) is 0 Å². The minimum absolute atomic E-state index is 0.0242. The summed E-state index contributed by atoms with van der Waals surface area (Å²) >= 11 is 0. The molecule has 0 atom stereocenters. The normalized spacial score (nSPS) is 24.9. The predicted molar refractivity (Wildman–Crippen MR) is 128 cm³/mol. The molecule has 5 rings (SSSR count). The highest BCUT2D eigenvalue weighted by Crippen LogP contribution is 2.41. The number of nitrogens with one attached hydrogen (secondary N) is 2. The number of pyridine rings is 1. The number of amides is 1. The van der Waals surface area contributed by atoms with Gasteiger partial charge < -0.3 is 15.7 Å². The van der Waals surface area contributed by atoms with Gasteiger partial charge in [-0.15, -0.1) is 0 Å². The van der Waals surface area contributed by atoms with Gasteiger partial charge >= 0.3 is 6.18 Å². The van der Waals surface area contributed by atoms with Crippen molar-refractivity contribution in [2.75, 3.05) is 25.0 Å². The van der Waals surface area contributed by atoms with Crippen molar-refractivity contribution in [2.45, 2.75) is 62.4 Å². The van der Waals surface area contributed by atoms with Gasteiger partial charge in [0.05, 0.1) is 29.3 Å². The third kappa shape index (κ3) is 5.16. The summed E-state index contributed by atoms with van der Waals surface area (Å²) < 4.78 is 39.3. The molecule has 2 aromatic rings. The molecule has 35 heavy (non-hydrogen) atoms. The van der Waals surface area contributed by atoms with Crippen LogP contribution in [0.25, 0.3) is 10.9 Å². The number of hydrogen-bond acceptors (Lipinski definition) is 5. The van der Waals surface area contributed by atoms with Crippen molar-refractivity contribution in [1.82, 2.24) is 15.2 Å². The van der Waals surface area contributed by atoms with Crippen molar-refractivity contribution < 1.29 is 23.1 Å². The number of hydrogen-bond donors (Lipinski definition) is 3. The highest BCUT2D eigenvalue weighted by Gasteiger charge is 2.42. The van der Waals surface area contributed by atoms with Gasteiger partial charge in [0.25, 0.3) is 0 Å². The first-order valence-corrected chi connectivity index (χ1v) is 12.3. The second-order valence-corrected chi connectivity index (χ2v) is 10.1. The number of anilines is 1.